The zero-order valence-electron chi connectivity index (χ0n) is 8.79. The van der Waals surface area contributed by atoms with Gasteiger partial charge in [0.2, 0.25) is 0 Å². The second-order valence-electron chi connectivity index (χ2n) is 3.67. The Hall–Kier alpha value is -0.520. The van der Waals surface area contributed by atoms with Crippen LogP contribution in [-0.2, 0) is 6.54 Å². The van der Waals surface area contributed by atoms with E-state index in [9.17, 15) is 0 Å². The van der Waals surface area contributed by atoms with E-state index in [0.29, 0.717) is 0 Å². The van der Waals surface area contributed by atoms with Crippen molar-refractivity contribution in [2.75, 3.05) is 19.6 Å². The minimum atomic E-state index is 0.720. The minimum absolute atomic E-state index is 0.720. The first kappa shape index (κ1) is 11.6. The van der Waals surface area contributed by atoms with Crippen LogP contribution >= 0.6 is 11.7 Å². The molecule has 5 heteroatoms. The van der Waals surface area contributed by atoms with Crippen molar-refractivity contribution in [1.29, 1.82) is 0 Å². The van der Waals surface area contributed by atoms with Gasteiger partial charge in [-0.15, -0.1) is 0 Å². The van der Waals surface area contributed by atoms with E-state index in [0.717, 1.165) is 37.8 Å². The molecular formula is C9H18N4S. The molecule has 0 amide bonds. The largest absolute Gasteiger partial charge is 0.315 e. The molecule has 2 N–H and O–H groups in total. The lowest BCUT2D eigenvalue weighted by Gasteiger charge is -2.07. The molecule has 0 fully saturated rings. The first-order chi connectivity index (χ1) is 6.79. The maximum Gasteiger partial charge on any atom is 0.0880 e. The highest BCUT2D eigenvalue weighted by Gasteiger charge is 1.95. The summed E-state index contributed by atoms with van der Waals surface area (Å²) in [6.07, 6.45) is 1.80. The van der Waals surface area contributed by atoms with E-state index in [2.05, 4.69) is 33.2 Å². The van der Waals surface area contributed by atoms with Gasteiger partial charge in [-0.05, 0) is 12.5 Å². The first-order valence-electron chi connectivity index (χ1n) is 4.97. The summed E-state index contributed by atoms with van der Waals surface area (Å²) >= 11 is 1.26. The summed E-state index contributed by atoms with van der Waals surface area (Å²) in [6.45, 7) is 8.31. The zero-order valence-corrected chi connectivity index (χ0v) is 9.60. The molecule has 80 valence electrons. The van der Waals surface area contributed by atoms with Crippen LogP contribution in [-0.4, -0.2) is 28.4 Å². The van der Waals surface area contributed by atoms with E-state index in [-0.39, 0.29) is 0 Å². The van der Waals surface area contributed by atoms with Crippen LogP contribution in [0.4, 0.5) is 0 Å². The number of nitrogens with one attached hydrogen (secondary N) is 2. The van der Waals surface area contributed by atoms with Gasteiger partial charge in [-0.1, -0.05) is 13.8 Å². The fourth-order valence-electron chi connectivity index (χ4n) is 1.05. The molecule has 0 bridgehead atoms. The van der Waals surface area contributed by atoms with Gasteiger partial charge in [-0.25, -0.2) is 0 Å². The van der Waals surface area contributed by atoms with E-state index < -0.39 is 0 Å². The highest BCUT2D eigenvalue weighted by Crippen LogP contribution is 1.92. The van der Waals surface area contributed by atoms with Crippen molar-refractivity contribution in [2.45, 2.75) is 20.4 Å². The molecule has 0 aliphatic rings. The highest BCUT2D eigenvalue weighted by atomic mass is 32.1. The van der Waals surface area contributed by atoms with Crippen LogP contribution in [0.5, 0.6) is 0 Å². The molecule has 1 rings (SSSR count). The van der Waals surface area contributed by atoms with Gasteiger partial charge in [0, 0.05) is 19.6 Å². The summed E-state index contributed by atoms with van der Waals surface area (Å²) in [5, 5.41) is 6.67. The first-order valence-corrected chi connectivity index (χ1v) is 5.70. The van der Waals surface area contributed by atoms with Crippen LogP contribution in [0.1, 0.15) is 19.5 Å². The SMILES string of the molecule is CC(C)CNCCNCc1cnsn1. The molecule has 0 atom stereocenters. The highest BCUT2D eigenvalue weighted by molar-refractivity contribution is 6.99. The fourth-order valence-corrected chi connectivity index (χ4v) is 1.48. The third kappa shape index (κ3) is 5.26. The van der Waals surface area contributed by atoms with Gasteiger partial charge in [0.15, 0.2) is 0 Å². The average Bonchev–Trinajstić information content (AvgIpc) is 2.63. The molecule has 0 spiro atoms. The number of rotatable bonds is 7. The lowest BCUT2D eigenvalue weighted by Crippen LogP contribution is -2.29. The van der Waals surface area contributed by atoms with Gasteiger partial charge in [-0.3, -0.25) is 0 Å². The summed E-state index contributed by atoms with van der Waals surface area (Å²) in [5.74, 6) is 0.720. The quantitative estimate of drug-likeness (QED) is 0.661. The molecule has 0 aromatic carbocycles. The Morgan fingerprint density at radius 1 is 1.36 bits per heavy atom. The fraction of sp³-hybridized carbons (Fsp3) is 0.778. The summed E-state index contributed by atoms with van der Waals surface area (Å²) in [5.41, 5.74) is 1.03. The lowest BCUT2D eigenvalue weighted by molar-refractivity contribution is 0.534. The van der Waals surface area contributed by atoms with Gasteiger partial charge >= 0.3 is 0 Å². The van der Waals surface area contributed by atoms with Crippen LogP contribution in [0.25, 0.3) is 0 Å². The molecule has 1 aromatic heterocycles. The molecule has 4 nitrogen and oxygen atoms in total. The van der Waals surface area contributed by atoms with Crippen LogP contribution in [0.3, 0.4) is 0 Å². The Morgan fingerprint density at radius 2 is 2.14 bits per heavy atom. The zero-order chi connectivity index (χ0) is 10.2. The van der Waals surface area contributed by atoms with E-state index in [1.807, 2.05) is 0 Å². The van der Waals surface area contributed by atoms with Gasteiger partial charge in [-0.2, -0.15) is 8.75 Å². The number of nitrogens with zero attached hydrogens (tertiary/aromatic N) is 2. The van der Waals surface area contributed by atoms with E-state index in [1.54, 1.807) is 6.20 Å². The van der Waals surface area contributed by atoms with Gasteiger partial charge < -0.3 is 10.6 Å². The second-order valence-corrected chi connectivity index (χ2v) is 4.23. The van der Waals surface area contributed by atoms with E-state index in [1.165, 1.54) is 11.7 Å². The predicted octanol–water partition coefficient (Wildman–Crippen LogP) is 0.873. The van der Waals surface area contributed by atoms with E-state index >= 15 is 0 Å². The average molecular weight is 214 g/mol. The Labute approximate surface area is 89.4 Å². The minimum Gasteiger partial charge on any atom is -0.315 e. The third-order valence-corrected chi connectivity index (χ3v) is 2.26. The number of hydrogen-bond acceptors (Lipinski definition) is 5. The molecule has 0 aliphatic heterocycles. The molecule has 14 heavy (non-hydrogen) atoms. The second kappa shape index (κ2) is 6.86. The molecule has 0 saturated carbocycles. The Balaban J connectivity index is 1.90. The molecule has 1 aromatic rings. The maximum absolute atomic E-state index is 4.11. The van der Waals surface area contributed by atoms with Gasteiger partial charge in [0.1, 0.15) is 0 Å². The van der Waals surface area contributed by atoms with Crippen molar-refractivity contribution in [3.63, 3.8) is 0 Å². The number of aromatic nitrogens is 2. The van der Waals surface area contributed by atoms with Crippen molar-refractivity contribution in [1.82, 2.24) is 19.4 Å². The van der Waals surface area contributed by atoms with Crippen LogP contribution < -0.4 is 10.6 Å². The summed E-state index contributed by atoms with van der Waals surface area (Å²) in [4.78, 5) is 0. The molecule has 0 aliphatic carbocycles. The molecule has 0 radical (unpaired) electrons. The van der Waals surface area contributed by atoms with E-state index in [4.69, 9.17) is 0 Å². The standard InChI is InChI=1S/C9H18N4S/c1-8(2)5-10-3-4-11-6-9-7-12-14-13-9/h7-8,10-11H,3-6H2,1-2H3. The van der Waals surface area contributed by atoms with Crippen LogP contribution in [0.2, 0.25) is 0 Å². The van der Waals surface area contributed by atoms with Gasteiger partial charge in [0.25, 0.3) is 0 Å². The third-order valence-electron chi connectivity index (χ3n) is 1.74. The smallest absolute Gasteiger partial charge is 0.0880 e. The molecule has 1 heterocycles. The Bertz CT molecular complexity index is 223. The lowest BCUT2D eigenvalue weighted by atomic mass is 10.2. The Morgan fingerprint density at radius 3 is 2.79 bits per heavy atom. The molecule has 0 saturated heterocycles. The van der Waals surface area contributed by atoms with Crippen molar-refractivity contribution in [3.8, 4) is 0 Å². The summed E-state index contributed by atoms with van der Waals surface area (Å²) in [7, 11) is 0. The topological polar surface area (TPSA) is 49.8 Å². The van der Waals surface area contributed by atoms with Crippen molar-refractivity contribution < 1.29 is 0 Å². The molecular weight excluding hydrogens is 196 g/mol. The number of hydrogen-bond donors (Lipinski definition) is 2. The van der Waals surface area contributed by atoms with Crippen molar-refractivity contribution in [3.05, 3.63) is 11.9 Å². The molecule has 0 unspecified atom stereocenters. The summed E-state index contributed by atoms with van der Waals surface area (Å²) in [6, 6.07) is 0. The van der Waals surface area contributed by atoms with Crippen LogP contribution in [0, 0.1) is 5.92 Å². The van der Waals surface area contributed by atoms with Crippen LogP contribution in [0.15, 0.2) is 6.20 Å². The normalized spacial score (nSPS) is 11.1. The summed E-state index contributed by atoms with van der Waals surface area (Å²) < 4.78 is 8.05. The maximum atomic E-state index is 4.11. The monoisotopic (exact) mass is 214 g/mol. The van der Waals surface area contributed by atoms with Crippen molar-refractivity contribution >= 4 is 11.7 Å². The predicted molar refractivity (Wildman–Crippen MR) is 59.3 cm³/mol. The Kier molecular flexibility index (Phi) is 5.66. The van der Waals surface area contributed by atoms with Crippen molar-refractivity contribution in [2.24, 2.45) is 5.92 Å². The van der Waals surface area contributed by atoms with Gasteiger partial charge in [0.05, 0.1) is 23.6 Å².